The molecule has 1 fully saturated rings. The molecule has 2 atom stereocenters. The number of hydrogen-bond donors (Lipinski definition) is 1. The fourth-order valence-electron chi connectivity index (χ4n) is 2.06. The summed E-state index contributed by atoms with van der Waals surface area (Å²) < 4.78 is 6.83. The van der Waals surface area contributed by atoms with Crippen molar-refractivity contribution in [3.05, 3.63) is 34.3 Å². The number of rotatable bonds is 3. The molecule has 0 aliphatic carbocycles. The van der Waals surface area contributed by atoms with E-state index in [2.05, 4.69) is 39.0 Å². The van der Waals surface area contributed by atoms with Crippen molar-refractivity contribution < 1.29 is 4.74 Å². The Balaban J connectivity index is 1.97. The van der Waals surface area contributed by atoms with Gasteiger partial charge in [0.05, 0.1) is 12.7 Å². The number of morpholine rings is 1. The van der Waals surface area contributed by atoms with E-state index < -0.39 is 0 Å². The molecule has 1 heterocycles. The summed E-state index contributed by atoms with van der Waals surface area (Å²) in [5.74, 6) is 0. The molecule has 1 aliphatic rings. The number of hydrogen-bond acceptors (Lipinski definition) is 3. The molecule has 2 N–H and O–H groups in total. The van der Waals surface area contributed by atoms with Gasteiger partial charge in [-0.25, -0.2) is 0 Å². The van der Waals surface area contributed by atoms with E-state index in [0.29, 0.717) is 0 Å². The molecule has 0 amide bonds. The maximum Gasteiger partial charge on any atom is 0.0850 e. The van der Waals surface area contributed by atoms with Gasteiger partial charge in [0.15, 0.2) is 0 Å². The largest absolute Gasteiger partial charge is 0.374 e. The van der Waals surface area contributed by atoms with Crippen LogP contribution in [0.5, 0.6) is 0 Å². The summed E-state index contributed by atoms with van der Waals surface area (Å²) in [5, 5.41) is 0. The van der Waals surface area contributed by atoms with E-state index in [-0.39, 0.29) is 12.1 Å². The van der Waals surface area contributed by atoms with Crippen LogP contribution in [0.3, 0.4) is 0 Å². The molecular weight excluding hydrogens is 280 g/mol. The maximum atomic E-state index is 5.89. The molecule has 0 spiro atoms. The van der Waals surface area contributed by atoms with Crippen LogP contribution in [0.2, 0.25) is 0 Å². The lowest BCUT2D eigenvalue weighted by Gasteiger charge is -2.34. The van der Waals surface area contributed by atoms with Gasteiger partial charge in [0, 0.05) is 30.1 Å². The van der Waals surface area contributed by atoms with Gasteiger partial charge in [-0.1, -0.05) is 34.1 Å². The van der Waals surface area contributed by atoms with Gasteiger partial charge in [-0.05, 0) is 18.6 Å². The van der Waals surface area contributed by atoms with Crippen molar-refractivity contribution in [2.45, 2.75) is 25.6 Å². The van der Waals surface area contributed by atoms with Gasteiger partial charge in [0.1, 0.15) is 0 Å². The average molecular weight is 299 g/mol. The number of ether oxygens (including phenoxy) is 1. The summed E-state index contributed by atoms with van der Waals surface area (Å²) in [7, 11) is 0. The minimum absolute atomic E-state index is 0.0945. The lowest BCUT2D eigenvalue weighted by Crippen LogP contribution is -2.49. The van der Waals surface area contributed by atoms with E-state index in [1.165, 1.54) is 10.0 Å². The van der Waals surface area contributed by atoms with Crippen LogP contribution in [-0.4, -0.2) is 36.7 Å². The van der Waals surface area contributed by atoms with E-state index >= 15 is 0 Å². The van der Waals surface area contributed by atoms with Gasteiger partial charge in [0.25, 0.3) is 0 Å². The van der Waals surface area contributed by atoms with E-state index in [4.69, 9.17) is 10.5 Å². The number of halogens is 1. The second-order valence-corrected chi connectivity index (χ2v) is 5.45. The van der Waals surface area contributed by atoms with Crippen molar-refractivity contribution in [1.82, 2.24) is 4.90 Å². The molecular formula is C13H19BrN2O. The van der Waals surface area contributed by atoms with Crippen LogP contribution in [-0.2, 0) is 11.3 Å². The Bertz CT molecular complexity index is 370. The molecule has 2 unspecified atom stereocenters. The van der Waals surface area contributed by atoms with Gasteiger partial charge in [-0.2, -0.15) is 0 Å². The summed E-state index contributed by atoms with van der Waals surface area (Å²) in [6, 6.07) is 8.44. The topological polar surface area (TPSA) is 38.5 Å². The first-order chi connectivity index (χ1) is 8.16. The monoisotopic (exact) mass is 298 g/mol. The van der Waals surface area contributed by atoms with Crippen LogP contribution < -0.4 is 5.73 Å². The molecule has 4 heteroatoms. The number of nitrogens with two attached hydrogens (primary N) is 1. The van der Waals surface area contributed by atoms with Gasteiger partial charge < -0.3 is 10.5 Å². The molecule has 0 saturated carbocycles. The standard InChI is InChI=1S/C13H19BrN2O/c1-10(15)13-9-16(6-7-17-13)8-11-4-2-3-5-12(11)14/h2-5,10,13H,6-9,15H2,1H3. The zero-order valence-corrected chi connectivity index (χ0v) is 11.7. The molecule has 1 saturated heterocycles. The third-order valence-electron chi connectivity index (χ3n) is 3.12. The predicted molar refractivity (Wildman–Crippen MR) is 72.8 cm³/mol. The predicted octanol–water partition coefficient (Wildman–Crippen LogP) is 2.00. The van der Waals surface area contributed by atoms with Crippen molar-refractivity contribution in [3.8, 4) is 0 Å². The Morgan fingerprint density at radius 3 is 3.00 bits per heavy atom. The second-order valence-electron chi connectivity index (χ2n) is 4.59. The molecule has 1 aromatic rings. The van der Waals surface area contributed by atoms with Gasteiger partial charge >= 0.3 is 0 Å². The minimum atomic E-state index is 0.0945. The molecule has 0 bridgehead atoms. The van der Waals surface area contributed by atoms with E-state index in [1.807, 2.05) is 13.0 Å². The first kappa shape index (κ1) is 13.0. The van der Waals surface area contributed by atoms with Crippen LogP contribution in [0.15, 0.2) is 28.7 Å². The van der Waals surface area contributed by atoms with Gasteiger partial charge in [-0.3, -0.25) is 4.90 Å². The zero-order valence-electron chi connectivity index (χ0n) is 10.1. The molecule has 17 heavy (non-hydrogen) atoms. The van der Waals surface area contributed by atoms with E-state index in [9.17, 15) is 0 Å². The highest BCUT2D eigenvalue weighted by Crippen LogP contribution is 2.19. The summed E-state index contributed by atoms with van der Waals surface area (Å²) in [4.78, 5) is 2.40. The highest BCUT2D eigenvalue weighted by molar-refractivity contribution is 9.10. The Morgan fingerprint density at radius 1 is 1.53 bits per heavy atom. The average Bonchev–Trinajstić information content (AvgIpc) is 2.32. The summed E-state index contributed by atoms with van der Waals surface area (Å²) in [6.45, 7) is 5.63. The highest BCUT2D eigenvalue weighted by atomic mass is 79.9. The smallest absolute Gasteiger partial charge is 0.0850 e. The molecule has 0 aromatic heterocycles. The molecule has 2 rings (SSSR count). The first-order valence-corrected chi connectivity index (χ1v) is 6.79. The first-order valence-electron chi connectivity index (χ1n) is 6.00. The molecule has 1 aliphatic heterocycles. The summed E-state index contributed by atoms with van der Waals surface area (Å²) in [6.07, 6.45) is 0.159. The van der Waals surface area contributed by atoms with Crippen molar-refractivity contribution >= 4 is 15.9 Å². The van der Waals surface area contributed by atoms with Gasteiger partial charge in [0.2, 0.25) is 0 Å². The lowest BCUT2D eigenvalue weighted by molar-refractivity contribution is -0.0404. The molecule has 0 radical (unpaired) electrons. The van der Waals surface area contributed by atoms with E-state index in [1.54, 1.807) is 0 Å². The summed E-state index contributed by atoms with van der Waals surface area (Å²) in [5.41, 5.74) is 7.21. The Labute approximate surface area is 111 Å². The zero-order chi connectivity index (χ0) is 12.3. The fourth-order valence-corrected chi connectivity index (χ4v) is 2.47. The fraction of sp³-hybridized carbons (Fsp3) is 0.538. The molecule has 3 nitrogen and oxygen atoms in total. The van der Waals surface area contributed by atoms with Crippen LogP contribution in [0.4, 0.5) is 0 Å². The summed E-state index contributed by atoms with van der Waals surface area (Å²) >= 11 is 3.58. The van der Waals surface area contributed by atoms with Crippen molar-refractivity contribution in [2.24, 2.45) is 5.73 Å². The van der Waals surface area contributed by atoms with Gasteiger partial charge in [-0.15, -0.1) is 0 Å². The van der Waals surface area contributed by atoms with Crippen molar-refractivity contribution in [3.63, 3.8) is 0 Å². The van der Waals surface area contributed by atoms with Crippen LogP contribution in [0, 0.1) is 0 Å². The normalized spacial score (nSPS) is 23.6. The van der Waals surface area contributed by atoms with Crippen LogP contribution in [0.25, 0.3) is 0 Å². The maximum absolute atomic E-state index is 5.89. The third kappa shape index (κ3) is 3.52. The third-order valence-corrected chi connectivity index (χ3v) is 3.89. The highest BCUT2D eigenvalue weighted by Gasteiger charge is 2.23. The van der Waals surface area contributed by atoms with Crippen molar-refractivity contribution in [1.29, 1.82) is 0 Å². The van der Waals surface area contributed by atoms with Crippen molar-refractivity contribution in [2.75, 3.05) is 19.7 Å². The Kier molecular flexibility index (Phi) is 4.56. The Hall–Kier alpha value is -0.420. The quantitative estimate of drug-likeness (QED) is 0.928. The number of nitrogens with zero attached hydrogens (tertiary/aromatic N) is 1. The molecule has 1 aromatic carbocycles. The lowest BCUT2D eigenvalue weighted by atomic mass is 10.1. The molecule has 94 valence electrons. The number of benzene rings is 1. The Morgan fingerprint density at radius 2 is 2.29 bits per heavy atom. The second kappa shape index (κ2) is 5.96. The van der Waals surface area contributed by atoms with Crippen LogP contribution in [0.1, 0.15) is 12.5 Å². The van der Waals surface area contributed by atoms with E-state index in [0.717, 1.165) is 26.2 Å². The van der Waals surface area contributed by atoms with Crippen LogP contribution >= 0.6 is 15.9 Å². The minimum Gasteiger partial charge on any atom is -0.374 e. The SMILES string of the molecule is CC(N)C1CN(Cc2ccccc2Br)CCO1.